The zero-order chi connectivity index (χ0) is 75.2. The van der Waals surface area contributed by atoms with E-state index in [1.165, 1.54) is 98.9 Å². The molecule has 552 valence electrons. The average molecular weight is 1420 g/mol. The maximum Gasteiger partial charge on any atom is 0.329 e. The molecule has 2 saturated heterocycles. The summed E-state index contributed by atoms with van der Waals surface area (Å²) in [6, 6.07) is -10.3. The molecule has 12 amide bonds. The number of primary amides is 1. The number of alkyl halides is 1. The number of nitrogens with two attached hydrogens (primary N) is 2. The average Bonchev–Trinajstić information content (AvgIpc) is 0.793. The van der Waals surface area contributed by atoms with Crippen LogP contribution in [0.2, 0.25) is 0 Å². The van der Waals surface area contributed by atoms with Crippen molar-refractivity contribution < 1.29 is 97.0 Å². The molecule has 1 aromatic rings. The van der Waals surface area contributed by atoms with Crippen molar-refractivity contribution in [1.82, 2.24) is 57.7 Å². The summed E-state index contributed by atoms with van der Waals surface area (Å²) in [7, 11) is 3.51. The number of cyclic esters (lactones) is 1. The summed E-state index contributed by atoms with van der Waals surface area (Å²) < 4.78 is 17.3. The van der Waals surface area contributed by atoms with Crippen molar-refractivity contribution >= 4 is 88.5 Å². The Hall–Kier alpha value is -8.60. The second kappa shape index (κ2) is 38.7. The van der Waals surface area contributed by atoms with Gasteiger partial charge in [-0.3, -0.25) is 57.5 Å². The van der Waals surface area contributed by atoms with Gasteiger partial charge in [0, 0.05) is 45.1 Å². The van der Waals surface area contributed by atoms with Crippen LogP contribution in [0.3, 0.4) is 0 Å². The monoisotopic (exact) mass is 1420 g/mol. The Morgan fingerprint density at radius 1 is 0.879 bits per heavy atom. The highest BCUT2D eigenvalue weighted by Crippen LogP contribution is 2.31. The largest absolute Gasteiger partial charge is 0.508 e. The van der Waals surface area contributed by atoms with E-state index >= 15 is 19.2 Å². The smallest absolute Gasteiger partial charge is 0.329 e. The van der Waals surface area contributed by atoms with E-state index in [4.69, 9.17) is 37.3 Å². The van der Waals surface area contributed by atoms with Crippen molar-refractivity contribution in [3.8, 4) is 5.75 Å². The number of allylic oxidation sites excluding steroid dienone is 4. The lowest BCUT2D eigenvalue weighted by Gasteiger charge is -2.41. The number of methoxy groups -OCH3 is 2. The van der Waals surface area contributed by atoms with Crippen LogP contribution in [0.15, 0.2) is 59.8 Å². The van der Waals surface area contributed by atoms with E-state index in [9.17, 15) is 63.6 Å². The quantitative estimate of drug-likeness (QED) is 0.0197. The number of aliphatic hydroxyl groups excluding tert-OH is 2. The van der Waals surface area contributed by atoms with E-state index in [-0.39, 0.29) is 36.6 Å². The van der Waals surface area contributed by atoms with Crippen LogP contribution in [-0.2, 0) is 76.5 Å². The number of aliphatic hydroxyl groups is 3. The molecular weight excluding hydrogens is 1320 g/mol. The second-order valence-corrected chi connectivity index (χ2v) is 26.2. The van der Waals surface area contributed by atoms with Crippen LogP contribution in [0.25, 0.3) is 0 Å². The molecule has 2 fully saturated rings. The normalized spacial score (nSPS) is 24.6. The van der Waals surface area contributed by atoms with Gasteiger partial charge in [-0.05, 0) is 89.8 Å². The highest BCUT2D eigenvalue weighted by atomic mass is 35.5. The molecule has 0 spiro atoms. The van der Waals surface area contributed by atoms with E-state index < -0.39 is 210 Å². The van der Waals surface area contributed by atoms with Crippen LogP contribution in [0.5, 0.6) is 5.75 Å². The number of carbonyl (C=O) groups is 13. The summed E-state index contributed by atoms with van der Waals surface area (Å²) in [6.45, 7) is 14.7. The number of esters is 1. The molecule has 0 radical (unpaired) electrons. The minimum Gasteiger partial charge on any atom is -0.508 e. The summed E-state index contributed by atoms with van der Waals surface area (Å²) in [6.07, 6.45) is -1.20. The number of nitrogens with zero attached hydrogens (tertiary/aromatic N) is 2. The molecule has 0 saturated carbocycles. The van der Waals surface area contributed by atoms with E-state index in [0.29, 0.717) is 0 Å². The van der Waals surface area contributed by atoms with Gasteiger partial charge in [-0.2, -0.15) is 0 Å². The van der Waals surface area contributed by atoms with Gasteiger partial charge in [0.1, 0.15) is 78.1 Å². The lowest BCUT2D eigenvalue weighted by atomic mass is 9.87. The number of phenolic OH excluding ortho intramolecular Hbond substituents is 1. The minimum absolute atomic E-state index is 0.0502. The molecule has 34 heteroatoms. The van der Waals surface area contributed by atoms with Crippen molar-refractivity contribution in [3.05, 3.63) is 65.4 Å². The van der Waals surface area contributed by atoms with Crippen molar-refractivity contribution in [2.75, 3.05) is 47.5 Å². The molecule has 17 atom stereocenters. The molecule has 2 aliphatic rings. The maximum atomic E-state index is 15.4. The first-order valence-corrected chi connectivity index (χ1v) is 32.7. The van der Waals surface area contributed by atoms with Crippen LogP contribution < -0.4 is 59.3 Å². The number of carbonyl (C=O) groups excluding carboxylic acids is 13. The first kappa shape index (κ1) is 84.6. The number of hydrogen-bond acceptors (Lipinski definition) is 21. The molecule has 3 rings (SSSR count). The van der Waals surface area contributed by atoms with Gasteiger partial charge in [0.2, 0.25) is 59.1 Å². The van der Waals surface area contributed by atoms with Gasteiger partial charge in [-0.15, -0.1) is 11.6 Å². The zero-order valence-electron chi connectivity index (χ0n) is 58.5. The topological polar surface area (TPSA) is 497 Å². The lowest BCUT2D eigenvalue weighted by molar-refractivity contribution is -0.168. The van der Waals surface area contributed by atoms with Gasteiger partial charge >= 0.3 is 5.97 Å². The Morgan fingerprint density at radius 2 is 1.51 bits per heavy atom. The summed E-state index contributed by atoms with van der Waals surface area (Å²) in [5.74, 6) is -18.0. The number of ether oxygens (including phenoxy) is 3. The number of rotatable bonds is 25. The number of amides is 12. The Kier molecular flexibility index (Phi) is 33.1. The van der Waals surface area contributed by atoms with Crippen LogP contribution in [0.4, 0.5) is 0 Å². The number of piperidine rings is 1. The summed E-state index contributed by atoms with van der Waals surface area (Å²) in [4.78, 5) is 186. The van der Waals surface area contributed by atoms with Crippen molar-refractivity contribution in [2.45, 2.75) is 186 Å². The molecule has 0 bridgehead atoms. The van der Waals surface area contributed by atoms with Crippen molar-refractivity contribution in [1.29, 1.82) is 0 Å². The molecule has 2 heterocycles. The number of aromatic hydroxyl groups is 1. The summed E-state index contributed by atoms with van der Waals surface area (Å²) in [5, 5.41) is 63.6. The molecule has 6 unspecified atom stereocenters. The fraction of sp³-hybridized carbons (Fsp3) is 0.615. The summed E-state index contributed by atoms with van der Waals surface area (Å²) >= 11 is 6.75. The number of nitrogens with one attached hydrogen (secondary N) is 9. The lowest BCUT2D eigenvalue weighted by Crippen LogP contribution is -2.66. The van der Waals surface area contributed by atoms with Crippen molar-refractivity contribution in [2.24, 2.45) is 35.1 Å². The standard InChI is InChI=1S/C65H100ClN13O20/c1-16-41(72-46(84)28-70-64(95)65(12,96)44(82)22-17-32(6)25-30(2)3)56(87)75-48(35(9)67)58(89)74-47(33(7)34(8)54(68)85)57(88)76-49-52(31(4)5)99-63(94)43-26-39(66)23-24-79(43)62(93)50(53(98-15)38-18-20-40(81)21-19-38)77-60(91)51(37(11)80)78(13)61(92)36(10)71-45(83)27-69-55(86)42(29-97-14)73-59(49)90/h16-22,25,30-31,33-37,39,42-44,47-53,80-82,96H,23-24,26-29,67H2,1-15H3,(H2,68,85)(H,69,86)(H,70,95)(H,71,83)(H,72,84)(H,73,90)(H,74,89)(H,75,87)(H,76,88)(H,77,91)/b22-17-,32-25+,41-16-/t33-,34+,35-,36-,37+,39-,42+,43?,44?,47?,48-,49+,50?,51?,52+,53+,65?/m0/s1. The Bertz CT molecular complexity index is 3160. The molecule has 99 heavy (non-hydrogen) atoms. The molecule has 0 aromatic heterocycles. The molecule has 17 N–H and O–H groups in total. The number of hydrogen-bond donors (Lipinski definition) is 15. The van der Waals surface area contributed by atoms with Gasteiger partial charge in [-0.25, -0.2) is 4.79 Å². The fourth-order valence-electron chi connectivity index (χ4n) is 10.8. The van der Waals surface area contributed by atoms with Gasteiger partial charge < -0.3 is 104 Å². The predicted molar refractivity (Wildman–Crippen MR) is 358 cm³/mol. The minimum atomic E-state index is -2.42. The van der Waals surface area contributed by atoms with E-state index in [1.54, 1.807) is 6.92 Å². The van der Waals surface area contributed by atoms with Crippen LogP contribution in [0.1, 0.15) is 108 Å². The molecule has 1 aromatic carbocycles. The van der Waals surface area contributed by atoms with Crippen LogP contribution in [-0.4, -0.2) is 238 Å². The number of likely N-dealkylation sites (N-methyl/N-ethyl adjacent to an activating group) is 1. The first-order chi connectivity index (χ1) is 46.1. The predicted octanol–water partition coefficient (Wildman–Crippen LogP) is -3.33. The number of halogens is 1. The highest BCUT2D eigenvalue weighted by Gasteiger charge is 2.48. The third-order valence-corrected chi connectivity index (χ3v) is 17.1. The third-order valence-electron chi connectivity index (χ3n) is 16.7. The molecular formula is C65H100ClN13O20. The van der Waals surface area contributed by atoms with Gasteiger partial charge in [0.25, 0.3) is 11.8 Å². The Balaban J connectivity index is 2.21. The van der Waals surface area contributed by atoms with Crippen LogP contribution in [0, 0.1) is 23.7 Å². The fourth-order valence-corrected chi connectivity index (χ4v) is 11.1. The van der Waals surface area contributed by atoms with E-state index in [0.717, 1.165) is 42.5 Å². The zero-order valence-corrected chi connectivity index (χ0v) is 59.3. The Morgan fingerprint density at radius 3 is 2.05 bits per heavy atom. The molecule has 33 nitrogen and oxygen atoms in total. The van der Waals surface area contributed by atoms with Gasteiger partial charge in [0.05, 0.1) is 25.8 Å². The second-order valence-electron chi connectivity index (χ2n) is 25.6. The van der Waals surface area contributed by atoms with Gasteiger partial charge in [-0.1, -0.05) is 83.6 Å². The number of phenols is 1. The maximum absolute atomic E-state index is 15.4. The molecule has 2 aliphatic heterocycles. The van der Waals surface area contributed by atoms with Crippen LogP contribution >= 0.6 is 11.6 Å². The third kappa shape index (κ3) is 24.1. The highest BCUT2D eigenvalue weighted by molar-refractivity contribution is 6.21. The number of benzene rings is 1. The van der Waals surface area contributed by atoms with E-state index in [2.05, 4.69) is 47.9 Å². The Labute approximate surface area is 580 Å². The SMILES string of the molecule is C/C=C(\NC(=O)CNC(=O)C(C)(O)C(O)/C=C\C(C)=C\C(C)C)C(=O)N[C@H](C(=O)NC(C(=O)N[C@H]1C(=O)N[C@H](COC)C(=O)NCC(=O)N[C@@H](C)C(=O)N(C)C([C@@H](C)O)C(=O)NC([C@H](OC)c2ccc(O)cc2)C(=O)N2CC[C@H](Cl)CC2C(=O)O[C@@H]1C(C)C)[C@@H](C)[C@@H](C)C(N)=O)[C@H](C)N. The van der Waals surface area contributed by atoms with Crippen molar-refractivity contribution in [3.63, 3.8) is 0 Å². The molecule has 0 aliphatic carbocycles. The van der Waals surface area contributed by atoms with Gasteiger partial charge in [0.15, 0.2) is 5.60 Å². The van der Waals surface area contributed by atoms with E-state index in [1.807, 2.05) is 19.9 Å². The first-order valence-electron chi connectivity index (χ1n) is 32.2. The summed E-state index contributed by atoms with van der Waals surface area (Å²) in [5.41, 5.74) is 10.1. The number of fused-ring (bicyclic) bond motifs is 1.